The third kappa shape index (κ3) is 3.81. The van der Waals surface area contributed by atoms with Crippen LogP contribution in [0, 0.1) is 13.8 Å². The molecule has 0 aliphatic carbocycles. The van der Waals surface area contributed by atoms with Gasteiger partial charge in [0.25, 0.3) is 0 Å². The number of pyridine rings is 1. The Bertz CT molecular complexity index is 1110. The summed E-state index contributed by atoms with van der Waals surface area (Å²) in [5.41, 5.74) is 5.83. The highest BCUT2D eigenvalue weighted by Crippen LogP contribution is 2.32. The number of methoxy groups -OCH3 is 1. The number of ether oxygens (including phenoxy) is 1. The molecule has 0 fully saturated rings. The molecular weight excluding hydrogens is 448 g/mol. The quantitative estimate of drug-likeness (QED) is 0.398. The van der Waals surface area contributed by atoms with E-state index < -0.39 is 0 Å². The maximum Gasteiger partial charge on any atom is 0.187 e. The number of nitrogens with one attached hydrogen (secondary N) is 1. The number of imidazole rings is 1. The van der Waals surface area contributed by atoms with Crippen molar-refractivity contribution in [3.05, 3.63) is 58.2 Å². The number of anilines is 2. The first-order valence-corrected chi connectivity index (χ1v) is 9.32. The minimum atomic E-state index is 0. The molecule has 0 saturated carbocycles. The monoisotopic (exact) mass is 464 g/mol. The molecule has 0 amide bonds. The summed E-state index contributed by atoms with van der Waals surface area (Å²) in [6, 6.07) is 9.65. The van der Waals surface area contributed by atoms with E-state index in [-0.39, 0.29) is 17.0 Å². The van der Waals surface area contributed by atoms with Crippen LogP contribution in [0.25, 0.3) is 17.0 Å². The second kappa shape index (κ2) is 7.88. The lowest BCUT2D eigenvalue weighted by Gasteiger charge is -2.06. The van der Waals surface area contributed by atoms with Crippen molar-refractivity contribution in [3.63, 3.8) is 0 Å². The van der Waals surface area contributed by atoms with Gasteiger partial charge in [-0.15, -0.1) is 28.3 Å². The third-order valence-corrected chi connectivity index (χ3v) is 5.14. The van der Waals surface area contributed by atoms with Crippen molar-refractivity contribution in [1.29, 1.82) is 0 Å². The Morgan fingerprint density at radius 3 is 2.70 bits per heavy atom. The van der Waals surface area contributed by atoms with Crippen molar-refractivity contribution >= 4 is 56.4 Å². The number of aromatic nitrogens is 3. The predicted octanol–water partition coefficient (Wildman–Crippen LogP) is 6.06. The van der Waals surface area contributed by atoms with Crippen LogP contribution in [-0.2, 0) is 0 Å². The number of rotatable bonds is 4. The Morgan fingerprint density at radius 2 is 1.96 bits per heavy atom. The van der Waals surface area contributed by atoms with Crippen LogP contribution in [0.5, 0.6) is 5.75 Å². The summed E-state index contributed by atoms with van der Waals surface area (Å²) >= 11 is 7.73. The Morgan fingerprint density at radius 1 is 1.15 bits per heavy atom. The number of benzene rings is 1. The maximum atomic E-state index is 6.19. The Balaban J connectivity index is 0.00000210. The van der Waals surface area contributed by atoms with Gasteiger partial charge in [0, 0.05) is 17.3 Å². The molecule has 4 rings (SSSR count). The molecule has 8 heteroatoms. The Kier molecular flexibility index (Phi) is 5.74. The van der Waals surface area contributed by atoms with Crippen LogP contribution < -0.4 is 10.1 Å². The molecule has 4 aromatic rings. The van der Waals surface area contributed by atoms with Crippen LogP contribution in [-0.4, -0.2) is 21.5 Å². The van der Waals surface area contributed by atoms with Crippen molar-refractivity contribution in [3.8, 4) is 17.1 Å². The standard InChI is InChI=1S/C19H17ClN4OS.BrH/c1-11-4-7-17-21-12(2)18(24(17)9-11)15-10-26-19(23-15)22-13-5-6-16(25-3)14(20)8-13;/h4-10H,1-3H3,(H,22,23);1H. The SMILES string of the molecule is Br.COc1ccc(Nc2nc(-c3c(C)nc4ccc(C)cn34)cs2)cc1Cl. The average molecular weight is 466 g/mol. The highest BCUT2D eigenvalue weighted by atomic mass is 79.9. The third-order valence-electron chi connectivity index (χ3n) is 4.09. The minimum absolute atomic E-state index is 0. The molecule has 3 aromatic heterocycles. The number of fused-ring (bicyclic) bond motifs is 1. The Labute approximate surface area is 176 Å². The van der Waals surface area contributed by atoms with E-state index in [9.17, 15) is 0 Å². The molecule has 0 spiro atoms. The molecule has 140 valence electrons. The first-order valence-electron chi connectivity index (χ1n) is 8.07. The summed E-state index contributed by atoms with van der Waals surface area (Å²) in [7, 11) is 1.60. The van der Waals surface area contributed by atoms with Gasteiger partial charge in [0.05, 0.1) is 23.5 Å². The van der Waals surface area contributed by atoms with Gasteiger partial charge < -0.3 is 10.1 Å². The van der Waals surface area contributed by atoms with Crippen molar-refractivity contribution in [2.45, 2.75) is 13.8 Å². The fourth-order valence-corrected chi connectivity index (χ4v) is 3.86. The zero-order valence-corrected chi connectivity index (χ0v) is 18.3. The average Bonchev–Trinajstić information content (AvgIpc) is 3.18. The maximum absolute atomic E-state index is 6.19. The van der Waals surface area contributed by atoms with Gasteiger partial charge in [-0.25, -0.2) is 9.97 Å². The fraction of sp³-hybridized carbons (Fsp3) is 0.158. The van der Waals surface area contributed by atoms with E-state index in [0.29, 0.717) is 10.8 Å². The molecule has 1 N–H and O–H groups in total. The van der Waals surface area contributed by atoms with E-state index >= 15 is 0 Å². The lowest BCUT2D eigenvalue weighted by Crippen LogP contribution is -1.93. The van der Waals surface area contributed by atoms with Crippen LogP contribution in [0.15, 0.2) is 41.9 Å². The van der Waals surface area contributed by atoms with Gasteiger partial charge in [-0.05, 0) is 43.7 Å². The van der Waals surface area contributed by atoms with Crippen LogP contribution in [0.2, 0.25) is 5.02 Å². The molecule has 5 nitrogen and oxygen atoms in total. The first-order chi connectivity index (χ1) is 12.5. The van der Waals surface area contributed by atoms with Crippen LogP contribution in [0.4, 0.5) is 10.8 Å². The van der Waals surface area contributed by atoms with Crippen LogP contribution in [0.1, 0.15) is 11.3 Å². The summed E-state index contributed by atoms with van der Waals surface area (Å²) in [5, 5.41) is 6.68. The normalized spacial score (nSPS) is 10.7. The zero-order valence-electron chi connectivity index (χ0n) is 15.0. The van der Waals surface area contributed by atoms with Gasteiger partial charge in [-0.2, -0.15) is 0 Å². The number of aryl methyl sites for hydroxylation is 2. The second-order valence-electron chi connectivity index (χ2n) is 5.99. The first kappa shape index (κ1) is 19.7. The van der Waals surface area contributed by atoms with Crippen molar-refractivity contribution in [2.75, 3.05) is 12.4 Å². The smallest absolute Gasteiger partial charge is 0.187 e. The topological polar surface area (TPSA) is 51.5 Å². The van der Waals surface area contributed by atoms with Gasteiger partial charge in [0.1, 0.15) is 17.1 Å². The number of hydrogen-bond donors (Lipinski definition) is 1. The molecule has 3 heterocycles. The van der Waals surface area contributed by atoms with E-state index in [1.54, 1.807) is 18.4 Å². The number of thiazole rings is 1. The molecular formula is C19H18BrClN4OS. The fourth-order valence-electron chi connectivity index (χ4n) is 2.88. The molecule has 27 heavy (non-hydrogen) atoms. The summed E-state index contributed by atoms with van der Waals surface area (Å²) in [4.78, 5) is 9.36. The molecule has 0 unspecified atom stereocenters. The highest BCUT2D eigenvalue weighted by Gasteiger charge is 2.14. The summed E-state index contributed by atoms with van der Waals surface area (Å²) in [6.45, 7) is 4.08. The van der Waals surface area contributed by atoms with E-state index in [4.69, 9.17) is 21.3 Å². The van der Waals surface area contributed by atoms with Crippen molar-refractivity contribution in [1.82, 2.24) is 14.4 Å². The van der Waals surface area contributed by atoms with Crippen LogP contribution >= 0.6 is 39.9 Å². The highest BCUT2D eigenvalue weighted by molar-refractivity contribution is 8.93. The molecule has 0 aliphatic rings. The summed E-state index contributed by atoms with van der Waals surface area (Å²) < 4.78 is 7.28. The zero-order chi connectivity index (χ0) is 18.3. The predicted molar refractivity (Wildman–Crippen MR) is 117 cm³/mol. The second-order valence-corrected chi connectivity index (χ2v) is 7.26. The van der Waals surface area contributed by atoms with Crippen LogP contribution in [0.3, 0.4) is 0 Å². The molecule has 1 aromatic carbocycles. The van der Waals surface area contributed by atoms with Crippen molar-refractivity contribution < 1.29 is 4.74 Å². The van der Waals surface area contributed by atoms with E-state index in [0.717, 1.165) is 33.5 Å². The molecule has 0 radical (unpaired) electrons. The van der Waals surface area contributed by atoms with E-state index in [1.807, 2.05) is 36.6 Å². The largest absolute Gasteiger partial charge is 0.495 e. The number of nitrogens with zero attached hydrogens (tertiary/aromatic N) is 3. The van der Waals surface area contributed by atoms with E-state index in [1.165, 1.54) is 5.56 Å². The molecule has 0 atom stereocenters. The molecule has 0 saturated heterocycles. The van der Waals surface area contributed by atoms with Gasteiger partial charge in [0.2, 0.25) is 0 Å². The Hall–Kier alpha value is -2.09. The molecule has 0 aliphatic heterocycles. The van der Waals surface area contributed by atoms with Gasteiger partial charge in [-0.3, -0.25) is 4.40 Å². The number of halogens is 2. The van der Waals surface area contributed by atoms with Gasteiger partial charge >= 0.3 is 0 Å². The number of hydrogen-bond acceptors (Lipinski definition) is 5. The minimum Gasteiger partial charge on any atom is -0.495 e. The lowest BCUT2D eigenvalue weighted by molar-refractivity contribution is 0.415. The van der Waals surface area contributed by atoms with E-state index in [2.05, 4.69) is 33.9 Å². The summed E-state index contributed by atoms with van der Waals surface area (Å²) in [5.74, 6) is 0.647. The molecule has 0 bridgehead atoms. The van der Waals surface area contributed by atoms with Gasteiger partial charge in [-0.1, -0.05) is 17.7 Å². The van der Waals surface area contributed by atoms with Crippen molar-refractivity contribution in [2.24, 2.45) is 0 Å². The summed E-state index contributed by atoms with van der Waals surface area (Å²) in [6.07, 6.45) is 2.08. The lowest BCUT2D eigenvalue weighted by atomic mass is 10.2. The van der Waals surface area contributed by atoms with Gasteiger partial charge in [0.15, 0.2) is 5.13 Å².